The van der Waals surface area contributed by atoms with Gasteiger partial charge in [-0.25, -0.2) is 0 Å². The van der Waals surface area contributed by atoms with Gasteiger partial charge in [-0.15, -0.1) is 0 Å². The molecule has 1 fully saturated rings. The maximum absolute atomic E-state index is 12.9. The number of para-hydroxylation sites is 1. The molecule has 4 heteroatoms. The van der Waals surface area contributed by atoms with E-state index in [1.54, 1.807) is 0 Å². The molecule has 0 bridgehead atoms. The van der Waals surface area contributed by atoms with E-state index in [1.807, 2.05) is 35.2 Å². The first-order chi connectivity index (χ1) is 13.1. The van der Waals surface area contributed by atoms with Crippen LogP contribution in [0.15, 0.2) is 52.9 Å². The number of benzene rings is 2. The minimum Gasteiger partial charge on any atom is -0.451 e. The lowest BCUT2D eigenvalue weighted by molar-refractivity contribution is 0.0731. The fraction of sp³-hybridized carbons (Fsp3) is 0.348. The van der Waals surface area contributed by atoms with E-state index in [-0.39, 0.29) is 5.91 Å². The van der Waals surface area contributed by atoms with E-state index in [0.717, 1.165) is 50.1 Å². The average molecular weight is 362 g/mol. The number of hydrogen-bond acceptors (Lipinski definition) is 3. The lowest BCUT2D eigenvalue weighted by atomic mass is 10.1. The van der Waals surface area contributed by atoms with Crippen molar-refractivity contribution >= 4 is 16.9 Å². The molecule has 0 spiro atoms. The molecule has 1 saturated heterocycles. The van der Waals surface area contributed by atoms with Gasteiger partial charge in [0.1, 0.15) is 5.58 Å². The Hall–Kier alpha value is -2.59. The van der Waals surface area contributed by atoms with Crippen LogP contribution in [0.1, 0.15) is 33.7 Å². The fourth-order valence-electron chi connectivity index (χ4n) is 3.84. The van der Waals surface area contributed by atoms with Gasteiger partial charge < -0.3 is 9.32 Å². The number of nitrogens with zero attached hydrogens (tertiary/aromatic N) is 2. The Morgan fingerprint density at radius 1 is 1.00 bits per heavy atom. The molecule has 0 atom stereocenters. The molecule has 0 radical (unpaired) electrons. The quantitative estimate of drug-likeness (QED) is 0.693. The minimum absolute atomic E-state index is 0.000401. The summed E-state index contributed by atoms with van der Waals surface area (Å²) in [6.07, 6.45) is 0.983. The molecule has 0 unspecified atom stereocenters. The highest BCUT2D eigenvalue weighted by Crippen LogP contribution is 2.21. The SMILES string of the molecule is Cc1ccc(CN2CCCN(C(=O)c3cc4ccccc4o3)CC2)c(C)c1. The summed E-state index contributed by atoms with van der Waals surface area (Å²) in [5.74, 6) is 0.443. The van der Waals surface area contributed by atoms with Crippen LogP contribution in [0.5, 0.6) is 0 Å². The smallest absolute Gasteiger partial charge is 0.289 e. The molecular weight excluding hydrogens is 336 g/mol. The lowest BCUT2D eigenvalue weighted by Crippen LogP contribution is -2.35. The third-order valence-corrected chi connectivity index (χ3v) is 5.40. The van der Waals surface area contributed by atoms with Gasteiger partial charge in [-0.2, -0.15) is 0 Å². The van der Waals surface area contributed by atoms with Crippen molar-refractivity contribution in [2.45, 2.75) is 26.8 Å². The summed E-state index contributed by atoms with van der Waals surface area (Å²) in [6.45, 7) is 8.66. The van der Waals surface area contributed by atoms with Gasteiger partial charge in [0.15, 0.2) is 5.76 Å². The van der Waals surface area contributed by atoms with Crippen molar-refractivity contribution in [1.29, 1.82) is 0 Å². The second-order valence-electron chi connectivity index (χ2n) is 7.50. The van der Waals surface area contributed by atoms with Gasteiger partial charge in [0.05, 0.1) is 0 Å². The molecule has 3 aromatic rings. The summed E-state index contributed by atoms with van der Waals surface area (Å²) >= 11 is 0. The first-order valence-electron chi connectivity index (χ1n) is 9.66. The van der Waals surface area contributed by atoms with Gasteiger partial charge in [0.25, 0.3) is 5.91 Å². The largest absolute Gasteiger partial charge is 0.451 e. The zero-order valence-electron chi connectivity index (χ0n) is 16.1. The van der Waals surface area contributed by atoms with Crippen LogP contribution in [0.3, 0.4) is 0 Å². The predicted octanol–water partition coefficient (Wildman–Crippen LogP) is 4.40. The number of fused-ring (bicyclic) bond motifs is 1. The van der Waals surface area contributed by atoms with Crippen LogP contribution in [-0.4, -0.2) is 41.9 Å². The Labute approximate surface area is 160 Å². The second kappa shape index (κ2) is 7.57. The molecule has 0 N–H and O–H groups in total. The zero-order valence-corrected chi connectivity index (χ0v) is 16.1. The normalized spacial score (nSPS) is 15.9. The van der Waals surface area contributed by atoms with Gasteiger partial charge in [-0.1, -0.05) is 42.0 Å². The van der Waals surface area contributed by atoms with Crippen molar-refractivity contribution in [3.05, 3.63) is 71.0 Å². The third-order valence-electron chi connectivity index (χ3n) is 5.40. The highest BCUT2D eigenvalue weighted by atomic mass is 16.3. The van der Waals surface area contributed by atoms with E-state index in [1.165, 1.54) is 16.7 Å². The number of rotatable bonds is 3. The summed E-state index contributed by atoms with van der Waals surface area (Å²) in [5, 5.41) is 0.979. The lowest BCUT2D eigenvalue weighted by Gasteiger charge is -2.22. The molecule has 4 nitrogen and oxygen atoms in total. The molecular formula is C23H26N2O2. The van der Waals surface area contributed by atoms with Crippen molar-refractivity contribution in [1.82, 2.24) is 9.80 Å². The summed E-state index contributed by atoms with van der Waals surface area (Å²) in [5.41, 5.74) is 4.79. The third kappa shape index (κ3) is 3.91. The predicted molar refractivity (Wildman–Crippen MR) is 108 cm³/mol. The maximum Gasteiger partial charge on any atom is 0.289 e. The van der Waals surface area contributed by atoms with Crippen molar-refractivity contribution in [2.75, 3.05) is 26.2 Å². The van der Waals surface area contributed by atoms with Crippen LogP contribution in [0.2, 0.25) is 0 Å². The highest BCUT2D eigenvalue weighted by molar-refractivity contribution is 5.96. The van der Waals surface area contributed by atoms with E-state index in [0.29, 0.717) is 5.76 Å². The van der Waals surface area contributed by atoms with E-state index < -0.39 is 0 Å². The molecule has 2 aromatic carbocycles. The number of carbonyl (C=O) groups excluding carboxylic acids is 1. The summed E-state index contributed by atoms with van der Waals surface area (Å²) in [7, 11) is 0. The van der Waals surface area contributed by atoms with Gasteiger partial charge in [0, 0.05) is 38.1 Å². The van der Waals surface area contributed by atoms with Crippen LogP contribution in [0.25, 0.3) is 11.0 Å². The Kier molecular flexibility index (Phi) is 4.99. The van der Waals surface area contributed by atoms with Crippen molar-refractivity contribution < 1.29 is 9.21 Å². The molecule has 1 aromatic heterocycles. The first kappa shape index (κ1) is 17.8. The van der Waals surface area contributed by atoms with Crippen molar-refractivity contribution in [3.8, 4) is 0 Å². The van der Waals surface area contributed by atoms with E-state index in [2.05, 4.69) is 36.9 Å². The Bertz CT molecular complexity index is 927. The molecule has 27 heavy (non-hydrogen) atoms. The van der Waals surface area contributed by atoms with Gasteiger partial charge >= 0.3 is 0 Å². The standard InChI is InChI=1S/C23H26N2O2/c1-17-8-9-20(18(2)14-17)16-24-10-5-11-25(13-12-24)23(26)22-15-19-6-3-4-7-21(19)27-22/h3-4,6-9,14-15H,5,10-13,16H2,1-2H3. The Balaban J connectivity index is 1.42. The molecule has 1 amide bonds. The Morgan fingerprint density at radius 2 is 1.85 bits per heavy atom. The molecule has 0 aliphatic carbocycles. The van der Waals surface area contributed by atoms with Gasteiger partial charge in [-0.05, 0) is 43.5 Å². The Morgan fingerprint density at radius 3 is 2.67 bits per heavy atom. The average Bonchev–Trinajstić information content (AvgIpc) is 2.96. The molecule has 140 valence electrons. The number of aryl methyl sites for hydroxylation is 2. The molecule has 1 aliphatic heterocycles. The monoisotopic (exact) mass is 362 g/mol. The number of amides is 1. The highest BCUT2D eigenvalue weighted by Gasteiger charge is 2.23. The summed E-state index contributed by atoms with van der Waals surface area (Å²) in [4.78, 5) is 17.3. The number of furan rings is 1. The van der Waals surface area contributed by atoms with Crippen molar-refractivity contribution in [3.63, 3.8) is 0 Å². The van der Waals surface area contributed by atoms with Crippen LogP contribution in [0, 0.1) is 13.8 Å². The van der Waals surface area contributed by atoms with Crippen molar-refractivity contribution in [2.24, 2.45) is 0 Å². The summed E-state index contributed by atoms with van der Waals surface area (Å²) in [6, 6.07) is 16.3. The van der Waals surface area contributed by atoms with Crippen LogP contribution in [0.4, 0.5) is 0 Å². The molecule has 4 rings (SSSR count). The number of carbonyl (C=O) groups is 1. The van der Waals surface area contributed by atoms with E-state index >= 15 is 0 Å². The number of hydrogen-bond donors (Lipinski definition) is 0. The second-order valence-corrected chi connectivity index (χ2v) is 7.50. The molecule has 0 saturated carbocycles. The van der Waals surface area contributed by atoms with Crippen LogP contribution < -0.4 is 0 Å². The first-order valence-corrected chi connectivity index (χ1v) is 9.66. The molecule has 2 heterocycles. The van der Waals surface area contributed by atoms with Gasteiger partial charge in [0.2, 0.25) is 0 Å². The maximum atomic E-state index is 12.9. The van der Waals surface area contributed by atoms with E-state index in [4.69, 9.17) is 4.42 Å². The van der Waals surface area contributed by atoms with Crippen LogP contribution in [-0.2, 0) is 6.54 Å². The topological polar surface area (TPSA) is 36.7 Å². The zero-order chi connectivity index (χ0) is 18.8. The minimum atomic E-state index is -0.000401. The van der Waals surface area contributed by atoms with Crippen LogP contribution >= 0.6 is 0 Å². The fourth-order valence-corrected chi connectivity index (χ4v) is 3.84. The molecule has 1 aliphatic rings. The summed E-state index contributed by atoms with van der Waals surface area (Å²) < 4.78 is 5.77. The van der Waals surface area contributed by atoms with Gasteiger partial charge in [-0.3, -0.25) is 9.69 Å². The van der Waals surface area contributed by atoms with E-state index in [9.17, 15) is 4.79 Å².